The Morgan fingerprint density at radius 2 is 1.74 bits per heavy atom. The summed E-state index contributed by atoms with van der Waals surface area (Å²) in [7, 11) is -1.10. The molecule has 0 N–H and O–H groups in total. The first kappa shape index (κ1) is 18.8. The van der Waals surface area contributed by atoms with Crippen molar-refractivity contribution in [2.24, 2.45) is 0 Å². The van der Waals surface area contributed by atoms with Crippen molar-refractivity contribution in [2.75, 3.05) is 26.4 Å². The van der Waals surface area contributed by atoms with Gasteiger partial charge < -0.3 is 13.8 Å². The van der Waals surface area contributed by atoms with Crippen molar-refractivity contribution < 1.29 is 13.8 Å². The van der Waals surface area contributed by atoms with E-state index in [1.807, 2.05) is 13.8 Å². The molecular weight excluding hydrogens is 263 g/mol. The Morgan fingerprint density at radius 1 is 1.11 bits per heavy atom. The molecule has 1 atom stereocenters. The highest BCUT2D eigenvalue weighted by Gasteiger charge is 2.22. The standard InChI is InChI=1S/C13H27N2O3P/c1-6-15(12(2)3)19(17-9-7-8-14)18-11-10-16-13(4)5/h12-13H,6-7,9-11H2,1-5H3. The van der Waals surface area contributed by atoms with Gasteiger partial charge in [-0.05, 0) is 27.7 Å². The van der Waals surface area contributed by atoms with Crippen molar-refractivity contribution in [2.45, 2.75) is 53.2 Å². The van der Waals surface area contributed by atoms with Gasteiger partial charge in [-0.15, -0.1) is 0 Å². The summed E-state index contributed by atoms with van der Waals surface area (Å²) in [5, 5.41) is 8.56. The molecule has 1 unspecified atom stereocenters. The third-order valence-corrected chi connectivity index (χ3v) is 4.25. The molecule has 0 aliphatic rings. The molecule has 0 aromatic heterocycles. The zero-order chi connectivity index (χ0) is 14.7. The quantitative estimate of drug-likeness (QED) is 0.431. The van der Waals surface area contributed by atoms with Gasteiger partial charge in [-0.2, -0.15) is 5.26 Å². The van der Waals surface area contributed by atoms with Gasteiger partial charge in [0.05, 0.1) is 38.4 Å². The van der Waals surface area contributed by atoms with E-state index in [1.165, 1.54) is 0 Å². The average molecular weight is 290 g/mol. The summed E-state index contributed by atoms with van der Waals surface area (Å²) in [5.74, 6) is 0. The predicted octanol–water partition coefficient (Wildman–Crippen LogP) is 3.32. The van der Waals surface area contributed by atoms with Crippen LogP contribution < -0.4 is 0 Å². The third-order valence-electron chi connectivity index (χ3n) is 2.28. The Bertz CT molecular complexity index is 257. The molecule has 5 nitrogen and oxygen atoms in total. The second kappa shape index (κ2) is 11.6. The maximum atomic E-state index is 8.56. The highest BCUT2D eigenvalue weighted by molar-refractivity contribution is 7.44. The van der Waals surface area contributed by atoms with E-state index in [9.17, 15) is 0 Å². The van der Waals surface area contributed by atoms with Crippen LogP contribution in [0.1, 0.15) is 41.0 Å². The van der Waals surface area contributed by atoms with Crippen molar-refractivity contribution in [1.82, 2.24) is 4.67 Å². The lowest BCUT2D eigenvalue weighted by Gasteiger charge is -2.31. The summed E-state index contributed by atoms with van der Waals surface area (Å²) in [6.45, 7) is 12.7. The van der Waals surface area contributed by atoms with E-state index in [0.717, 1.165) is 6.54 Å². The molecule has 0 rings (SSSR count). The van der Waals surface area contributed by atoms with Crippen LogP contribution in [0.25, 0.3) is 0 Å². The van der Waals surface area contributed by atoms with Crippen molar-refractivity contribution in [3.63, 3.8) is 0 Å². The fraction of sp³-hybridized carbons (Fsp3) is 0.923. The second-order valence-electron chi connectivity index (χ2n) is 4.58. The summed E-state index contributed by atoms with van der Waals surface area (Å²) < 4.78 is 19.1. The highest BCUT2D eigenvalue weighted by Crippen LogP contribution is 2.43. The van der Waals surface area contributed by atoms with Crippen LogP contribution in [-0.4, -0.2) is 43.2 Å². The number of ether oxygens (including phenoxy) is 1. The largest absolute Gasteiger partial charge is 0.376 e. The molecule has 112 valence electrons. The van der Waals surface area contributed by atoms with Gasteiger partial charge in [0.2, 0.25) is 0 Å². The maximum Gasteiger partial charge on any atom is 0.259 e. The molecule has 0 aliphatic heterocycles. The molecule has 0 aliphatic carbocycles. The van der Waals surface area contributed by atoms with Crippen LogP contribution in [-0.2, 0) is 13.8 Å². The molecular formula is C13H27N2O3P. The SMILES string of the molecule is CCN(C(C)C)P(OCCC#N)OCCOC(C)C. The smallest absolute Gasteiger partial charge is 0.259 e. The van der Waals surface area contributed by atoms with E-state index < -0.39 is 8.53 Å². The summed E-state index contributed by atoms with van der Waals surface area (Å²) >= 11 is 0. The van der Waals surface area contributed by atoms with Crippen LogP contribution in [0.15, 0.2) is 0 Å². The van der Waals surface area contributed by atoms with Crippen molar-refractivity contribution in [3.8, 4) is 6.07 Å². The van der Waals surface area contributed by atoms with Gasteiger partial charge in [0.25, 0.3) is 8.53 Å². The molecule has 0 spiro atoms. The van der Waals surface area contributed by atoms with Gasteiger partial charge in [0.15, 0.2) is 0 Å². The Kier molecular flexibility index (Phi) is 11.4. The fourth-order valence-electron chi connectivity index (χ4n) is 1.42. The minimum Gasteiger partial charge on any atom is -0.376 e. The van der Waals surface area contributed by atoms with Crippen molar-refractivity contribution >= 4 is 8.53 Å². The van der Waals surface area contributed by atoms with Crippen LogP contribution in [0.2, 0.25) is 0 Å². The molecule has 6 heteroatoms. The molecule has 0 bridgehead atoms. The van der Waals surface area contributed by atoms with E-state index in [0.29, 0.717) is 32.3 Å². The predicted molar refractivity (Wildman–Crippen MR) is 77.7 cm³/mol. The maximum absolute atomic E-state index is 8.56. The van der Waals surface area contributed by atoms with Crippen LogP contribution >= 0.6 is 8.53 Å². The Balaban J connectivity index is 4.20. The zero-order valence-corrected chi connectivity index (χ0v) is 13.7. The molecule has 0 heterocycles. The summed E-state index contributed by atoms with van der Waals surface area (Å²) in [6.07, 6.45) is 0.599. The van der Waals surface area contributed by atoms with Gasteiger partial charge in [-0.25, -0.2) is 4.67 Å². The Labute approximate surface area is 118 Å². The second-order valence-corrected chi connectivity index (χ2v) is 6.09. The highest BCUT2D eigenvalue weighted by atomic mass is 31.2. The molecule has 0 saturated carbocycles. The first-order valence-electron chi connectivity index (χ1n) is 6.83. The van der Waals surface area contributed by atoms with E-state index in [2.05, 4.69) is 31.5 Å². The van der Waals surface area contributed by atoms with Crippen molar-refractivity contribution in [1.29, 1.82) is 5.26 Å². The first-order chi connectivity index (χ1) is 9.02. The normalized spacial score (nSPS) is 13.2. The molecule has 0 amide bonds. The third kappa shape index (κ3) is 9.32. The van der Waals surface area contributed by atoms with Crippen LogP contribution in [0.3, 0.4) is 0 Å². The minimum atomic E-state index is -1.10. The van der Waals surface area contributed by atoms with E-state index >= 15 is 0 Å². The number of nitriles is 1. The van der Waals surface area contributed by atoms with Gasteiger partial charge in [0, 0.05) is 12.6 Å². The monoisotopic (exact) mass is 290 g/mol. The number of hydrogen-bond acceptors (Lipinski definition) is 5. The lowest BCUT2D eigenvalue weighted by molar-refractivity contribution is 0.0503. The van der Waals surface area contributed by atoms with Crippen molar-refractivity contribution in [3.05, 3.63) is 0 Å². The summed E-state index contributed by atoms with van der Waals surface area (Å²) in [4.78, 5) is 0. The molecule has 0 saturated heterocycles. The number of hydrogen-bond donors (Lipinski definition) is 0. The number of nitrogens with zero attached hydrogens (tertiary/aromatic N) is 2. The zero-order valence-electron chi connectivity index (χ0n) is 12.8. The molecule has 0 aromatic carbocycles. The molecule has 19 heavy (non-hydrogen) atoms. The summed E-state index contributed by atoms with van der Waals surface area (Å²) in [6, 6.07) is 2.43. The van der Waals surface area contributed by atoms with Gasteiger partial charge >= 0.3 is 0 Å². The molecule has 0 aromatic rings. The van der Waals surface area contributed by atoms with Gasteiger partial charge in [-0.1, -0.05) is 6.92 Å². The first-order valence-corrected chi connectivity index (χ1v) is 7.97. The lowest BCUT2D eigenvalue weighted by atomic mass is 10.4. The molecule has 0 fully saturated rings. The van der Waals surface area contributed by atoms with E-state index in [4.69, 9.17) is 19.0 Å². The average Bonchev–Trinajstić information content (AvgIpc) is 2.34. The number of rotatable bonds is 11. The van der Waals surface area contributed by atoms with E-state index in [-0.39, 0.29) is 6.10 Å². The lowest BCUT2D eigenvalue weighted by Crippen LogP contribution is -2.27. The van der Waals surface area contributed by atoms with Crippen LogP contribution in [0.5, 0.6) is 0 Å². The Hall–Kier alpha value is -0.240. The van der Waals surface area contributed by atoms with Gasteiger partial charge in [-0.3, -0.25) is 0 Å². The van der Waals surface area contributed by atoms with Crippen LogP contribution in [0.4, 0.5) is 0 Å². The Morgan fingerprint density at radius 3 is 2.21 bits per heavy atom. The summed E-state index contributed by atoms with van der Waals surface area (Å²) in [5.41, 5.74) is 0. The molecule has 0 radical (unpaired) electrons. The van der Waals surface area contributed by atoms with Gasteiger partial charge in [0.1, 0.15) is 0 Å². The topological polar surface area (TPSA) is 54.7 Å². The van der Waals surface area contributed by atoms with E-state index in [1.54, 1.807) is 0 Å². The minimum absolute atomic E-state index is 0.210. The fourth-order valence-corrected chi connectivity index (χ4v) is 2.88. The van der Waals surface area contributed by atoms with Crippen LogP contribution in [0, 0.1) is 11.3 Å².